The molecule has 146 valence electrons. The summed E-state index contributed by atoms with van der Waals surface area (Å²) in [5, 5.41) is 12.0. The fraction of sp³-hybridized carbons (Fsp3) is 0.421. The number of halogens is 1. The van der Waals surface area contributed by atoms with Crippen LogP contribution in [0.15, 0.2) is 35.5 Å². The fourth-order valence-electron chi connectivity index (χ4n) is 3.08. The highest BCUT2D eigenvalue weighted by Gasteiger charge is 2.36. The van der Waals surface area contributed by atoms with E-state index in [0.717, 1.165) is 0 Å². The van der Waals surface area contributed by atoms with Crippen molar-refractivity contribution >= 4 is 29.6 Å². The third kappa shape index (κ3) is 5.23. The van der Waals surface area contributed by atoms with Crippen molar-refractivity contribution in [1.29, 1.82) is 0 Å². The van der Waals surface area contributed by atoms with Gasteiger partial charge in [-0.05, 0) is 37.5 Å². The molecule has 0 unspecified atom stereocenters. The average Bonchev–Trinajstić information content (AvgIpc) is 2.62. The van der Waals surface area contributed by atoms with Gasteiger partial charge in [-0.1, -0.05) is 30.2 Å². The lowest BCUT2D eigenvalue weighted by Crippen LogP contribution is -2.48. The Morgan fingerprint density at radius 1 is 1.30 bits per heavy atom. The zero-order valence-electron chi connectivity index (χ0n) is 15.3. The smallest absolute Gasteiger partial charge is 0.337 e. The summed E-state index contributed by atoms with van der Waals surface area (Å²) in [7, 11) is 1.30. The molecular weight excluding hydrogens is 372 g/mol. The Hall–Kier alpha value is -2.54. The van der Waals surface area contributed by atoms with E-state index in [-0.39, 0.29) is 12.5 Å². The van der Waals surface area contributed by atoms with Gasteiger partial charge in [0, 0.05) is 23.7 Å². The molecule has 1 heterocycles. The molecule has 27 heavy (non-hydrogen) atoms. The number of carboxylic acid groups (broad SMARTS) is 1. The van der Waals surface area contributed by atoms with E-state index < -0.39 is 18.0 Å². The molecule has 0 spiro atoms. The van der Waals surface area contributed by atoms with Crippen LogP contribution in [-0.2, 0) is 14.3 Å². The highest BCUT2D eigenvalue weighted by atomic mass is 35.5. The Morgan fingerprint density at radius 2 is 2.04 bits per heavy atom. The van der Waals surface area contributed by atoms with Crippen LogP contribution in [0.4, 0.5) is 4.79 Å². The summed E-state index contributed by atoms with van der Waals surface area (Å²) >= 11 is 6.05. The average molecular weight is 395 g/mol. The standard InChI is InChI=1S/C19H23ClN2O5/c1-12-16(18(25)27-2)17(13-7-6-8-14(20)11-13)21-19(26)22(12)10-5-3-4-9-15(23)24/h6-8,11,17H,3-5,9-10H2,1-2H3,(H,21,26)(H,23,24)/t17-/m0/s1. The lowest BCUT2D eigenvalue weighted by atomic mass is 9.95. The number of carboxylic acids is 1. The normalized spacial score (nSPS) is 16.9. The zero-order valence-corrected chi connectivity index (χ0v) is 16.1. The first-order valence-corrected chi connectivity index (χ1v) is 9.07. The molecule has 7 nitrogen and oxygen atoms in total. The van der Waals surface area contributed by atoms with Gasteiger partial charge in [-0.15, -0.1) is 0 Å². The maximum absolute atomic E-state index is 12.6. The number of nitrogens with zero attached hydrogens (tertiary/aromatic N) is 1. The number of benzene rings is 1. The molecule has 1 aromatic rings. The number of nitrogens with one attached hydrogen (secondary N) is 1. The highest BCUT2D eigenvalue weighted by molar-refractivity contribution is 6.30. The summed E-state index contributed by atoms with van der Waals surface area (Å²) in [6.45, 7) is 2.10. The second kappa shape index (κ2) is 9.41. The number of unbranched alkanes of at least 4 members (excludes halogenated alkanes) is 2. The van der Waals surface area contributed by atoms with Crippen LogP contribution in [0.2, 0.25) is 5.02 Å². The number of hydrogen-bond donors (Lipinski definition) is 2. The second-order valence-electron chi connectivity index (χ2n) is 6.28. The van der Waals surface area contributed by atoms with Crippen LogP contribution in [0.1, 0.15) is 44.2 Å². The van der Waals surface area contributed by atoms with Gasteiger partial charge >= 0.3 is 18.0 Å². The number of hydrogen-bond acceptors (Lipinski definition) is 4. The zero-order chi connectivity index (χ0) is 20.0. The first-order valence-electron chi connectivity index (χ1n) is 8.69. The summed E-state index contributed by atoms with van der Waals surface area (Å²) in [5.74, 6) is -1.35. The van der Waals surface area contributed by atoms with Crippen LogP contribution in [0.3, 0.4) is 0 Å². The van der Waals surface area contributed by atoms with E-state index in [0.29, 0.717) is 47.7 Å². The van der Waals surface area contributed by atoms with Crippen LogP contribution >= 0.6 is 11.6 Å². The minimum absolute atomic E-state index is 0.102. The largest absolute Gasteiger partial charge is 0.481 e. The molecule has 0 aromatic heterocycles. The van der Waals surface area contributed by atoms with E-state index in [1.165, 1.54) is 12.0 Å². The molecule has 0 aliphatic carbocycles. The van der Waals surface area contributed by atoms with Gasteiger partial charge in [0.05, 0.1) is 18.7 Å². The summed E-state index contributed by atoms with van der Waals surface area (Å²) in [4.78, 5) is 37.1. The molecule has 1 aliphatic heterocycles. The van der Waals surface area contributed by atoms with Crippen LogP contribution in [-0.4, -0.2) is 41.6 Å². The summed E-state index contributed by atoms with van der Waals surface area (Å²) in [6, 6.07) is 5.99. The number of methoxy groups -OCH3 is 1. The summed E-state index contributed by atoms with van der Waals surface area (Å²) in [6.07, 6.45) is 1.96. The lowest BCUT2D eigenvalue weighted by molar-refractivity contribution is -0.138. The van der Waals surface area contributed by atoms with Crippen molar-refractivity contribution in [2.45, 2.75) is 38.6 Å². The lowest BCUT2D eigenvalue weighted by Gasteiger charge is -2.35. The third-order valence-electron chi connectivity index (χ3n) is 4.46. The van der Waals surface area contributed by atoms with Gasteiger partial charge in [-0.3, -0.25) is 9.69 Å². The Balaban J connectivity index is 2.23. The molecule has 0 radical (unpaired) electrons. The molecule has 1 atom stereocenters. The molecule has 2 rings (SSSR count). The fourth-order valence-corrected chi connectivity index (χ4v) is 3.28. The number of ether oxygens (including phenoxy) is 1. The SMILES string of the molecule is COC(=O)C1=C(C)N(CCCCCC(=O)O)C(=O)N[C@H]1c1cccc(Cl)c1. The number of esters is 1. The molecule has 1 aromatic carbocycles. The molecule has 2 N–H and O–H groups in total. The van der Waals surface area contributed by atoms with Crippen molar-refractivity contribution in [1.82, 2.24) is 10.2 Å². The van der Waals surface area contributed by atoms with Gasteiger partial charge in [0.15, 0.2) is 0 Å². The molecule has 0 fully saturated rings. The van der Waals surface area contributed by atoms with Crippen LogP contribution in [0.5, 0.6) is 0 Å². The summed E-state index contributed by atoms with van der Waals surface area (Å²) < 4.78 is 4.92. The van der Waals surface area contributed by atoms with Gasteiger partial charge < -0.3 is 15.2 Å². The van der Waals surface area contributed by atoms with Crippen molar-refractivity contribution in [3.05, 3.63) is 46.1 Å². The number of aliphatic carboxylic acids is 1. The van der Waals surface area contributed by atoms with E-state index in [1.54, 1.807) is 31.2 Å². The molecule has 2 amide bonds. The Labute approximate surface area is 162 Å². The molecule has 0 saturated carbocycles. The van der Waals surface area contributed by atoms with E-state index in [4.69, 9.17) is 21.4 Å². The predicted octanol–water partition coefficient (Wildman–Crippen LogP) is 3.50. The van der Waals surface area contributed by atoms with Gasteiger partial charge in [0.1, 0.15) is 0 Å². The number of carbonyl (C=O) groups excluding carboxylic acids is 2. The van der Waals surface area contributed by atoms with Gasteiger partial charge in [-0.2, -0.15) is 0 Å². The quantitative estimate of drug-likeness (QED) is 0.519. The van der Waals surface area contributed by atoms with Crippen molar-refractivity contribution in [2.24, 2.45) is 0 Å². The first-order chi connectivity index (χ1) is 12.8. The summed E-state index contributed by atoms with van der Waals surface area (Å²) in [5.41, 5.74) is 1.57. The highest BCUT2D eigenvalue weighted by Crippen LogP contribution is 2.32. The van der Waals surface area contributed by atoms with E-state index in [9.17, 15) is 14.4 Å². The molecular formula is C19H23ClN2O5. The molecule has 0 bridgehead atoms. The van der Waals surface area contributed by atoms with Gasteiger partial charge in [-0.25, -0.2) is 9.59 Å². The Bertz CT molecular complexity index is 762. The van der Waals surface area contributed by atoms with E-state index >= 15 is 0 Å². The third-order valence-corrected chi connectivity index (χ3v) is 4.69. The molecule has 1 aliphatic rings. The van der Waals surface area contributed by atoms with Crippen molar-refractivity contribution in [3.8, 4) is 0 Å². The Kier molecular flexibility index (Phi) is 7.24. The van der Waals surface area contributed by atoms with Crippen LogP contribution < -0.4 is 5.32 Å². The van der Waals surface area contributed by atoms with Crippen LogP contribution in [0.25, 0.3) is 0 Å². The first kappa shape index (κ1) is 20.8. The number of amides is 2. The van der Waals surface area contributed by atoms with Crippen LogP contribution in [0, 0.1) is 0 Å². The van der Waals surface area contributed by atoms with E-state index in [1.807, 2.05) is 0 Å². The Morgan fingerprint density at radius 3 is 2.67 bits per heavy atom. The van der Waals surface area contributed by atoms with Crippen molar-refractivity contribution < 1.29 is 24.2 Å². The monoisotopic (exact) mass is 394 g/mol. The molecule has 0 saturated heterocycles. The van der Waals surface area contributed by atoms with Gasteiger partial charge in [0.2, 0.25) is 0 Å². The van der Waals surface area contributed by atoms with Gasteiger partial charge in [0.25, 0.3) is 0 Å². The van der Waals surface area contributed by atoms with Crippen molar-refractivity contribution in [3.63, 3.8) is 0 Å². The molecule has 8 heteroatoms. The number of carbonyl (C=O) groups is 3. The maximum atomic E-state index is 12.6. The number of allylic oxidation sites excluding steroid dienone is 1. The number of urea groups is 1. The minimum atomic E-state index is -0.834. The van der Waals surface area contributed by atoms with Crippen molar-refractivity contribution in [2.75, 3.05) is 13.7 Å². The van der Waals surface area contributed by atoms with E-state index in [2.05, 4.69) is 5.32 Å². The second-order valence-corrected chi connectivity index (χ2v) is 6.72. The topological polar surface area (TPSA) is 95.9 Å². The number of rotatable bonds is 8. The predicted molar refractivity (Wildman–Crippen MR) is 100 cm³/mol. The maximum Gasteiger partial charge on any atom is 0.337 e. The minimum Gasteiger partial charge on any atom is -0.481 e.